The van der Waals surface area contributed by atoms with Gasteiger partial charge in [0.2, 0.25) is 0 Å². The van der Waals surface area contributed by atoms with E-state index in [1.165, 1.54) is 10.9 Å². The molecule has 30 heavy (non-hydrogen) atoms. The van der Waals surface area contributed by atoms with Crippen LogP contribution in [0.15, 0.2) is 37.1 Å². The van der Waals surface area contributed by atoms with Gasteiger partial charge < -0.3 is 25.1 Å². The summed E-state index contributed by atoms with van der Waals surface area (Å²) in [5, 5.41) is 9.56. The first-order valence-corrected chi connectivity index (χ1v) is 9.90. The average Bonchev–Trinajstić information content (AvgIpc) is 3.37. The van der Waals surface area contributed by atoms with Crippen LogP contribution in [0.3, 0.4) is 0 Å². The van der Waals surface area contributed by atoms with Crippen LogP contribution >= 0.6 is 0 Å². The third-order valence-corrected chi connectivity index (χ3v) is 5.78. The summed E-state index contributed by atoms with van der Waals surface area (Å²) < 4.78 is 9.53. The van der Waals surface area contributed by atoms with Crippen LogP contribution in [0.1, 0.15) is 18.4 Å². The maximum absolute atomic E-state index is 12.9. The van der Waals surface area contributed by atoms with E-state index in [2.05, 4.69) is 30.9 Å². The minimum Gasteiger partial charge on any atom is -0.386 e. The highest BCUT2D eigenvalue weighted by Crippen LogP contribution is 2.30. The first-order valence-electron chi connectivity index (χ1n) is 9.90. The molecule has 10 heteroatoms. The van der Waals surface area contributed by atoms with Crippen LogP contribution in [0.2, 0.25) is 0 Å². The maximum atomic E-state index is 12.9. The van der Waals surface area contributed by atoms with Gasteiger partial charge in [-0.3, -0.25) is 0 Å². The summed E-state index contributed by atoms with van der Waals surface area (Å²) in [6, 6.07) is 3.62. The molecule has 4 bridgehead atoms. The minimum atomic E-state index is -0.256. The summed E-state index contributed by atoms with van der Waals surface area (Å²) in [6.07, 6.45) is 8.97. The molecule has 1 aliphatic heterocycles. The van der Waals surface area contributed by atoms with Crippen LogP contribution < -0.4 is 16.0 Å². The molecule has 0 spiro atoms. The molecule has 5 heterocycles. The smallest absolute Gasteiger partial charge is 0.328 e. The van der Waals surface area contributed by atoms with Crippen LogP contribution in [0.4, 0.5) is 22.0 Å². The summed E-state index contributed by atoms with van der Waals surface area (Å²) in [7, 11) is 1.82. The number of nitrogens with zero attached hydrogens (tertiary/aromatic N) is 5. The first kappa shape index (κ1) is 17.2. The highest BCUT2D eigenvalue weighted by atomic mass is 16.5. The molecule has 6 rings (SSSR count). The third kappa shape index (κ3) is 2.61. The highest BCUT2D eigenvalue weighted by Gasteiger charge is 2.34. The Balaban J connectivity index is 1.55. The van der Waals surface area contributed by atoms with E-state index in [9.17, 15) is 4.79 Å². The number of ether oxygens (including phenoxy) is 1. The van der Waals surface area contributed by atoms with E-state index in [1.807, 2.05) is 36.0 Å². The lowest BCUT2D eigenvalue weighted by atomic mass is 9.89. The van der Waals surface area contributed by atoms with E-state index in [4.69, 9.17) is 4.74 Å². The van der Waals surface area contributed by atoms with Crippen molar-refractivity contribution in [2.75, 3.05) is 17.7 Å². The molecule has 1 aliphatic carbocycles. The van der Waals surface area contributed by atoms with Crippen molar-refractivity contribution in [1.29, 1.82) is 0 Å². The van der Waals surface area contributed by atoms with Crippen molar-refractivity contribution in [3.05, 3.63) is 42.6 Å². The molecule has 1 saturated carbocycles. The second-order valence-corrected chi connectivity index (χ2v) is 7.62. The van der Waals surface area contributed by atoms with Crippen molar-refractivity contribution < 1.29 is 9.53 Å². The first-order chi connectivity index (χ1) is 14.7. The second kappa shape index (κ2) is 6.42. The topological polar surface area (TPSA) is 110 Å². The number of amides is 1. The standard InChI is InChI=1S/C20H20N8O2/c1-21-13-7-16-24-14-6-11(8-27-5-4-22-18(14)27)9-30-15-3-2-12(15)25-20(29)28-10-23-17(13)19(28)26-16/h4-8,10,12,15H,2-3,9H2,1H3,(H,25,29)(H2,21,24,26)/t12-,15-/m1/s1. The van der Waals surface area contributed by atoms with Gasteiger partial charge in [-0.25, -0.2) is 24.3 Å². The van der Waals surface area contributed by atoms with Crippen LogP contribution in [0.25, 0.3) is 16.8 Å². The van der Waals surface area contributed by atoms with Crippen LogP contribution in [0.5, 0.6) is 0 Å². The Morgan fingerprint density at radius 2 is 2.17 bits per heavy atom. The molecule has 4 aromatic heterocycles. The summed E-state index contributed by atoms with van der Waals surface area (Å²) in [6.45, 7) is 0.449. The molecule has 1 amide bonds. The monoisotopic (exact) mass is 404 g/mol. The van der Waals surface area contributed by atoms with E-state index in [0.29, 0.717) is 23.6 Å². The Kier molecular flexibility index (Phi) is 3.69. The molecule has 3 N–H and O–H groups in total. The molecule has 0 saturated heterocycles. The van der Waals surface area contributed by atoms with Crippen LogP contribution in [0, 0.1) is 0 Å². The fraction of sp³-hybridized carbons (Fsp3) is 0.300. The zero-order valence-corrected chi connectivity index (χ0v) is 16.3. The summed E-state index contributed by atoms with van der Waals surface area (Å²) in [4.78, 5) is 26.5. The van der Waals surface area contributed by atoms with Crippen molar-refractivity contribution in [1.82, 2.24) is 29.2 Å². The molecule has 1 fully saturated rings. The van der Waals surface area contributed by atoms with Crippen molar-refractivity contribution in [3.8, 4) is 0 Å². The molecule has 4 aromatic rings. The Morgan fingerprint density at radius 3 is 3.00 bits per heavy atom. The lowest BCUT2D eigenvalue weighted by Crippen LogP contribution is -2.52. The number of anilines is 3. The van der Waals surface area contributed by atoms with Crippen LogP contribution in [-0.4, -0.2) is 49.1 Å². The van der Waals surface area contributed by atoms with Gasteiger partial charge in [-0.2, -0.15) is 0 Å². The minimum absolute atomic E-state index is 0.0158. The molecule has 0 aromatic carbocycles. The fourth-order valence-electron chi connectivity index (χ4n) is 4.06. The van der Waals surface area contributed by atoms with Crippen molar-refractivity contribution in [3.63, 3.8) is 0 Å². The SMILES string of the molecule is CNc1cc2nc3c1ncn3C(=O)N[C@@H]1CC[C@H]1OCc1cc(c3nccn3c1)N2. The Hall–Kier alpha value is -3.66. The summed E-state index contributed by atoms with van der Waals surface area (Å²) in [5.41, 5.74) is 4.50. The van der Waals surface area contributed by atoms with E-state index < -0.39 is 0 Å². The largest absolute Gasteiger partial charge is 0.386 e. The molecule has 2 aliphatic rings. The zero-order valence-electron chi connectivity index (χ0n) is 16.3. The van der Waals surface area contributed by atoms with Gasteiger partial charge in [-0.1, -0.05) is 0 Å². The van der Waals surface area contributed by atoms with Crippen LogP contribution in [-0.2, 0) is 11.3 Å². The van der Waals surface area contributed by atoms with Gasteiger partial charge in [-0.05, 0) is 24.5 Å². The molecule has 10 nitrogen and oxygen atoms in total. The number of pyridine rings is 2. The number of fused-ring (bicyclic) bond motifs is 6. The molecule has 0 radical (unpaired) electrons. The third-order valence-electron chi connectivity index (χ3n) is 5.78. The summed E-state index contributed by atoms with van der Waals surface area (Å²) in [5.74, 6) is 0.586. The van der Waals surface area contributed by atoms with Gasteiger partial charge in [-0.15, -0.1) is 0 Å². The fourth-order valence-corrected chi connectivity index (χ4v) is 4.06. The number of rotatable bonds is 1. The van der Waals surface area contributed by atoms with Crippen molar-refractivity contribution in [2.45, 2.75) is 31.6 Å². The predicted molar refractivity (Wildman–Crippen MR) is 111 cm³/mol. The molecular weight excluding hydrogens is 384 g/mol. The number of nitrogens with one attached hydrogen (secondary N) is 3. The normalized spacial score (nSPS) is 20.9. The Labute approximate surface area is 171 Å². The zero-order chi connectivity index (χ0) is 20.2. The Bertz CT molecular complexity index is 1290. The van der Waals surface area contributed by atoms with Gasteiger partial charge in [0.1, 0.15) is 17.7 Å². The van der Waals surface area contributed by atoms with E-state index in [0.717, 1.165) is 35.4 Å². The summed E-state index contributed by atoms with van der Waals surface area (Å²) >= 11 is 0. The van der Waals surface area contributed by atoms with Gasteiger partial charge in [0.25, 0.3) is 0 Å². The number of hydrogen-bond donors (Lipinski definition) is 3. The van der Waals surface area contributed by atoms with Crippen molar-refractivity contribution in [2.24, 2.45) is 0 Å². The van der Waals surface area contributed by atoms with E-state index in [-0.39, 0.29) is 18.2 Å². The second-order valence-electron chi connectivity index (χ2n) is 7.62. The number of imidazole rings is 2. The molecule has 0 unspecified atom stereocenters. The van der Waals surface area contributed by atoms with Gasteiger partial charge in [0.05, 0.1) is 30.1 Å². The van der Waals surface area contributed by atoms with Gasteiger partial charge >= 0.3 is 6.03 Å². The van der Waals surface area contributed by atoms with Gasteiger partial charge in [0, 0.05) is 31.7 Å². The number of carbonyl (C=O) groups excluding carboxylic acids is 1. The number of carbonyl (C=O) groups is 1. The highest BCUT2D eigenvalue weighted by molar-refractivity contribution is 5.94. The van der Waals surface area contributed by atoms with E-state index in [1.54, 1.807) is 6.20 Å². The van der Waals surface area contributed by atoms with Gasteiger partial charge in [0.15, 0.2) is 11.3 Å². The lowest BCUT2D eigenvalue weighted by Gasteiger charge is -2.36. The van der Waals surface area contributed by atoms with Crippen molar-refractivity contribution >= 4 is 40.0 Å². The Morgan fingerprint density at radius 1 is 1.23 bits per heavy atom. The number of aromatic nitrogens is 5. The average molecular weight is 404 g/mol. The molecule has 152 valence electrons. The van der Waals surface area contributed by atoms with E-state index >= 15 is 0 Å². The quantitative estimate of drug-likeness (QED) is 0.447. The molecular formula is C20H20N8O2. The predicted octanol–water partition coefficient (Wildman–Crippen LogP) is 2.48. The maximum Gasteiger partial charge on any atom is 0.328 e. The number of hydrogen-bond acceptors (Lipinski definition) is 7. The molecule has 2 atom stereocenters. The lowest BCUT2D eigenvalue weighted by molar-refractivity contribution is -0.0324.